The number of likely N-dealkylation sites (N-methyl/N-ethyl adjacent to an activating group) is 1. The minimum absolute atomic E-state index is 0.0745. The highest BCUT2D eigenvalue weighted by molar-refractivity contribution is 7.16. The van der Waals surface area contributed by atoms with E-state index in [2.05, 4.69) is 35.1 Å². The smallest absolute Gasteiger partial charge is 0.221 e. The van der Waals surface area contributed by atoms with Crippen LogP contribution in [-0.4, -0.2) is 64.1 Å². The third kappa shape index (κ3) is 4.44. The number of rotatable bonds is 7. The Labute approximate surface area is 231 Å². The average molecular weight is 551 g/mol. The maximum atomic E-state index is 9.97. The van der Waals surface area contributed by atoms with Crippen molar-refractivity contribution in [2.24, 2.45) is 0 Å². The molecule has 3 aromatic rings. The van der Waals surface area contributed by atoms with Gasteiger partial charge in [-0.05, 0) is 77.4 Å². The SMILES string of the molecule is C[C@H](Oc1cc(OCCO)nc(-c2noc3c2CCC[C@@]32CCCc3sc(N)c(C#N)c32)n1)[C@@H]1CCCN1C. The van der Waals surface area contributed by atoms with Crippen molar-refractivity contribution in [2.45, 2.75) is 75.9 Å². The van der Waals surface area contributed by atoms with Crippen molar-refractivity contribution in [1.82, 2.24) is 20.0 Å². The van der Waals surface area contributed by atoms with Gasteiger partial charge in [0.05, 0.1) is 23.7 Å². The summed E-state index contributed by atoms with van der Waals surface area (Å²) in [6, 6.07) is 4.33. The number of fused-ring (bicyclic) bond motifs is 4. The van der Waals surface area contributed by atoms with Crippen molar-refractivity contribution in [1.29, 1.82) is 5.26 Å². The van der Waals surface area contributed by atoms with Crippen LogP contribution >= 0.6 is 11.3 Å². The van der Waals surface area contributed by atoms with E-state index in [1.54, 1.807) is 6.07 Å². The van der Waals surface area contributed by atoms with Crippen molar-refractivity contribution < 1.29 is 19.1 Å². The summed E-state index contributed by atoms with van der Waals surface area (Å²) in [6.45, 7) is 3.09. The molecule has 0 aromatic carbocycles. The monoisotopic (exact) mass is 550 g/mol. The highest BCUT2D eigenvalue weighted by Gasteiger charge is 2.48. The third-order valence-corrected chi connectivity index (χ3v) is 9.60. The molecule has 1 saturated heterocycles. The molecule has 0 bridgehead atoms. The lowest BCUT2D eigenvalue weighted by molar-refractivity contribution is 0.116. The van der Waals surface area contributed by atoms with Crippen LogP contribution in [0.2, 0.25) is 0 Å². The van der Waals surface area contributed by atoms with Crippen LogP contribution in [0, 0.1) is 11.3 Å². The second-order valence-electron chi connectivity index (χ2n) is 10.8. The molecule has 6 rings (SSSR count). The van der Waals surface area contributed by atoms with Crippen molar-refractivity contribution in [2.75, 3.05) is 32.5 Å². The Morgan fingerprint density at radius 1 is 1.28 bits per heavy atom. The molecule has 1 spiro atoms. The zero-order chi connectivity index (χ0) is 27.1. The molecule has 3 N–H and O–H groups in total. The summed E-state index contributed by atoms with van der Waals surface area (Å²) in [4.78, 5) is 12.9. The topological polar surface area (TPSA) is 144 Å². The van der Waals surface area contributed by atoms with Gasteiger partial charge in [-0.15, -0.1) is 11.3 Å². The van der Waals surface area contributed by atoms with Gasteiger partial charge in [0.1, 0.15) is 23.8 Å². The van der Waals surface area contributed by atoms with Crippen LogP contribution in [0.1, 0.15) is 72.8 Å². The number of aliphatic hydroxyl groups is 1. The average Bonchev–Trinajstić information content (AvgIpc) is 3.64. The van der Waals surface area contributed by atoms with E-state index in [0.29, 0.717) is 39.9 Å². The fourth-order valence-electron chi connectivity index (χ4n) is 6.81. The summed E-state index contributed by atoms with van der Waals surface area (Å²) in [5.74, 6) is 1.89. The van der Waals surface area contributed by atoms with Gasteiger partial charge in [0.25, 0.3) is 0 Å². The first kappa shape index (κ1) is 26.0. The van der Waals surface area contributed by atoms with Crippen molar-refractivity contribution in [3.63, 3.8) is 0 Å². The Kier molecular flexibility index (Phi) is 6.95. The molecule has 0 amide bonds. The number of aromatic nitrogens is 3. The lowest BCUT2D eigenvalue weighted by Gasteiger charge is -2.39. The highest BCUT2D eigenvalue weighted by Crippen LogP contribution is 2.55. The zero-order valence-electron chi connectivity index (χ0n) is 22.4. The molecule has 3 aliphatic rings. The maximum Gasteiger partial charge on any atom is 0.221 e. The van der Waals surface area contributed by atoms with Gasteiger partial charge in [-0.2, -0.15) is 15.2 Å². The fourth-order valence-corrected chi connectivity index (χ4v) is 7.97. The van der Waals surface area contributed by atoms with Gasteiger partial charge in [-0.25, -0.2) is 0 Å². The first-order valence-electron chi connectivity index (χ1n) is 13.8. The van der Waals surface area contributed by atoms with Crippen molar-refractivity contribution >= 4 is 16.3 Å². The normalized spacial score (nSPS) is 23.3. The minimum atomic E-state index is -0.419. The standard InChI is InChI=1S/C28H34N6O4S/c1-16(19-7-5-11-34(19)2)37-22-14-21(36-13-12-35)31-27(32-22)24-17-6-3-9-28(25(17)38-33-24)10-4-8-20-23(28)18(15-29)26(30)39-20/h14,16,19,35H,3-13,30H2,1-2H3/t16-,19-,28-/m0/s1. The van der Waals surface area contributed by atoms with E-state index < -0.39 is 5.41 Å². The zero-order valence-corrected chi connectivity index (χ0v) is 23.2. The molecule has 11 heteroatoms. The van der Waals surface area contributed by atoms with E-state index >= 15 is 0 Å². The third-order valence-electron chi connectivity index (χ3n) is 8.52. The summed E-state index contributed by atoms with van der Waals surface area (Å²) in [5.41, 5.74) is 9.02. The molecule has 2 aliphatic carbocycles. The van der Waals surface area contributed by atoms with Crippen LogP contribution in [0.4, 0.5) is 5.00 Å². The van der Waals surface area contributed by atoms with E-state index in [1.807, 2.05) is 0 Å². The van der Waals surface area contributed by atoms with Crippen LogP contribution in [0.25, 0.3) is 11.5 Å². The molecule has 3 atom stereocenters. The summed E-state index contributed by atoms with van der Waals surface area (Å²) < 4.78 is 18.2. The number of aliphatic hydroxyl groups excluding tert-OH is 1. The number of hydrogen-bond acceptors (Lipinski definition) is 11. The molecule has 0 radical (unpaired) electrons. The number of anilines is 1. The first-order chi connectivity index (χ1) is 18.9. The van der Waals surface area contributed by atoms with Crippen LogP contribution in [-0.2, 0) is 18.3 Å². The van der Waals surface area contributed by atoms with Crippen LogP contribution in [0.15, 0.2) is 10.6 Å². The molecule has 3 aromatic heterocycles. The lowest BCUT2D eigenvalue weighted by atomic mass is 9.63. The summed E-state index contributed by atoms with van der Waals surface area (Å²) in [7, 11) is 2.12. The summed E-state index contributed by atoms with van der Waals surface area (Å²) >= 11 is 1.53. The Balaban J connectivity index is 1.41. The van der Waals surface area contributed by atoms with Gasteiger partial charge >= 0.3 is 0 Å². The lowest BCUT2D eigenvalue weighted by Crippen LogP contribution is -2.38. The predicted octanol–water partition coefficient (Wildman–Crippen LogP) is 3.84. The van der Waals surface area contributed by atoms with Gasteiger partial charge in [-0.1, -0.05) is 5.16 Å². The van der Waals surface area contributed by atoms with Gasteiger partial charge in [0, 0.05) is 16.5 Å². The number of nitriles is 1. The van der Waals surface area contributed by atoms with Crippen LogP contribution in [0.3, 0.4) is 0 Å². The number of likely N-dealkylation sites (tertiary alicyclic amines) is 1. The van der Waals surface area contributed by atoms with E-state index in [-0.39, 0.29) is 19.3 Å². The van der Waals surface area contributed by atoms with E-state index in [4.69, 9.17) is 24.7 Å². The summed E-state index contributed by atoms with van der Waals surface area (Å²) in [6.07, 6.45) is 7.53. The molecule has 1 aliphatic heterocycles. The molecule has 0 unspecified atom stereocenters. The number of hydrogen-bond donors (Lipinski definition) is 2. The summed E-state index contributed by atoms with van der Waals surface area (Å²) in [5, 5.41) is 24.4. The first-order valence-corrected chi connectivity index (χ1v) is 14.6. The Bertz CT molecular complexity index is 1410. The fraction of sp³-hybridized carbons (Fsp3) is 0.571. The Morgan fingerprint density at radius 2 is 2.08 bits per heavy atom. The Morgan fingerprint density at radius 3 is 2.82 bits per heavy atom. The molecule has 1 fully saturated rings. The Hall–Kier alpha value is -3.20. The minimum Gasteiger partial charge on any atom is -0.475 e. The van der Waals surface area contributed by atoms with Crippen molar-refractivity contribution in [3.8, 4) is 29.3 Å². The van der Waals surface area contributed by atoms with Crippen molar-refractivity contribution in [3.05, 3.63) is 33.4 Å². The highest BCUT2D eigenvalue weighted by atomic mass is 32.1. The molecule has 4 heterocycles. The molecular formula is C28H34N6O4S. The molecule has 0 saturated carbocycles. The number of nitrogens with zero attached hydrogens (tertiary/aromatic N) is 5. The van der Waals surface area contributed by atoms with Gasteiger partial charge in [0.2, 0.25) is 11.8 Å². The largest absolute Gasteiger partial charge is 0.475 e. The number of aryl methyl sites for hydroxylation is 1. The molecule has 206 valence electrons. The van der Waals surface area contributed by atoms with Crippen LogP contribution in [0.5, 0.6) is 11.8 Å². The van der Waals surface area contributed by atoms with E-state index in [0.717, 1.165) is 74.8 Å². The van der Waals surface area contributed by atoms with E-state index in [9.17, 15) is 10.4 Å². The van der Waals surface area contributed by atoms with Gasteiger partial charge in [-0.3, -0.25) is 4.90 Å². The van der Waals surface area contributed by atoms with Crippen LogP contribution < -0.4 is 15.2 Å². The predicted molar refractivity (Wildman–Crippen MR) is 146 cm³/mol. The molecule has 10 nitrogen and oxygen atoms in total. The number of nitrogen functional groups attached to an aromatic ring is 1. The second kappa shape index (κ2) is 10.4. The van der Waals surface area contributed by atoms with Gasteiger partial charge < -0.3 is 24.8 Å². The quantitative estimate of drug-likeness (QED) is 0.445. The molecular weight excluding hydrogens is 516 g/mol. The maximum absolute atomic E-state index is 9.97. The number of thiophene rings is 1. The van der Waals surface area contributed by atoms with Gasteiger partial charge in [0.15, 0.2) is 17.3 Å². The molecule has 39 heavy (non-hydrogen) atoms. The number of ether oxygens (including phenoxy) is 2. The number of nitrogens with two attached hydrogens (primary N) is 1. The second-order valence-corrected chi connectivity index (χ2v) is 12.0. The van der Waals surface area contributed by atoms with E-state index in [1.165, 1.54) is 16.2 Å².